The maximum absolute atomic E-state index is 10.8. The number of benzene rings is 1. The molecule has 0 radical (unpaired) electrons. The number of halogens is 1. The molecule has 0 N–H and O–H groups in total. The van der Waals surface area contributed by atoms with Crippen LogP contribution in [-0.2, 0) is 6.42 Å². The van der Waals surface area contributed by atoms with Gasteiger partial charge in [-0.05, 0) is 24.8 Å². The first kappa shape index (κ1) is 15.4. The van der Waals surface area contributed by atoms with Crippen molar-refractivity contribution in [1.29, 1.82) is 0 Å². The minimum absolute atomic E-state index is 0.0137. The molecule has 0 atom stereocenters. The van der Waals surface area contributed by atoms with E-state index in [2.05, 4.69) is 23.8 Å². The summed E-state index contributed by atoms with van der Waals surface area (Å²) in [6.07, 6.45) is 1.81. The molecule has 5 nitrogen and oxygen atoms in total. The molecule has 0 aliphatic carbocycles. The van der Waals surface area contributed by atoms with Gasteiger partial charge < -0.3 is 0 Å². The number of nitrogens with zero attached hydrogens (tertiary/aromatic N) is 3. The van der Waals surface area contributed by atoms with Gasteiger partial charge in [0.05, 0.1) is 4.92 Å². The molecule has 0 unspecified atom stereocenters. The average molecular weight is 306 g/mol. The molecule has 0 saturated carbocycles. The van der Waals surface area contributed by atoms with Crippen molar-refractivity contribution in [2.24, 2.45) is 5.92 Å². The van der Waals surface area contributed by atoms with E-state index in [9.17, 15) is 10.1 Å². The monoisotopic (exact) mass is 305 g/mol. The largest absolute Gasteiger partial charge is 0.270 e. The van der Waals surface area contributed by atoms with Crippen LogP contribution in [0.25, 0.3) is 11.4 Å². The summed E-state index contributed by atoms with van der Waals surface area (Å²) >= 11 is 6.03. The number of rotatable bonds is 5. The number of hydrogen-bond acceptors (Lipinski definition) is 4. The molecule has 0 aliphatic rings. The van der Waals surface area contributed by atoms with E-state index < -0.39 is 4.92 Å². The van der Waals surface area contributed by atoms with Gasteiger partial charge in [-0.1, -0.05) is 37.6 Å². The van der Waals surface area contributed by atoms with Crippen LogP contribution in [0.3, 0.4) is 0 Å². The normalized spacial score (nSPS) is 10.9. The molecule has 1 aromatic heterocycles. The summed E-state index contributed by atoms with van der Waals surface area (Å²) in [4.78, 5) is 19.0. The Morgan fingerprint density at radius 3 is 2.71 bits per heavy atom. The van der Waals surface area contributed by atoms with Crippen LogP contribution in [0.4, 0.5) is 5.69 Å². The highest BCUT2D eigenvalue weighted by molar-refractivity contribution is 6.29. The Hall–Kier alpha value is -2.01. The highest BCUT2D eigenvalue weighted by Gasteiger charge is 2.11. The third-order valence-electron chi connectivity index (χ3n) is 3.04. The lowest BCUT2D eigenvalue weighted by Crippen LogP contribution is -1.99. The zero-order chi connectivity index (χ0) is 15.4. The fraction of sp³-hybridized carbons (Fsp3) is 0.333. The molecule has 110 valence electrons. The van der Waals surface area contributed by atoms with Gasteiger partial charge in [-0.15, -0.1) is 0 Å². The molecule has 21 heavy (non-hydrogen) atoms. The minimum Gasteiger partial charge on any atom is -0.258 e. The van der Waals surface area contributed by atoms with Crippen molar-refractivity contribution >= 4 is 17.3 Å². The Labute approximate surface area is 128 Å². The van der Waals surface area contributed by atoms with Crippen LogP contribution >= 0.6 is 11.6 Å². The van der Waals surface area contributed by atoms with Gasteiger partial charge in [0, 0.05) is 23.4 Å². The number of aromatic nitrogens is 2. The van der Waals surface area contributed by atoms with Crippen LogP contribution in [0.2, 0.25) is 5.15 Å². The lowest BCUT2D eigenvalue weighted by atomic mass is 10.1. The molecule has 0 saturated heterocycles. The maximum Gasteiger partial charge on any atom is 0.270 e. The fourth-order valence-corrected chi connectivity index (χ4v) is 2.12. The average Bonchev–Trinajstić information content (AvgIpc) is 2.44. The summed E-state index contributed by atoms with van der Waals surface area (Å²) in [5.41, 5.74) is 1.46. The van der Waals surface area contributed by atoms with E-state index in [1.54, 1.807) is 18.2 Å². The van der Waals surface area contributed by atoms with Crippen molar-refractivity contribution in [2.45, 2.75) is 26.7 Å². The highest BCUT2D eigenvalue weighted by atomic mass is 35.5. The van der Waals surface area contributed by atoms with Crippen LogP contribution in [0.5, 0.6) is 0 Å². The van der Waals surface area contributed by atoms with Gasteiger partial charge in [0.25, 0.3) is 5.69 Å². The van der Waals surface area contributed by atoms with Crippen molar-refractivity contribution < 1.29 is 4.92 Å². The highest BCUT2D eigenvalue weighted by Crippen LogP contribution is 2.23. The van der Waals surface area contributed by atoms with E-state index >= 15 is 0 Å². The lowest BCUT2D eigenvalue weighted by Gasteiger charge is -2.07. The Bertz CT molecular complexity index is 659. The van der Waals surface area contributed by atoms with E-state index in [0.717, 1.165) is 18.5 Å². The first-order valence-electron chi connectivity index (χ1n) is 6.74. The zero-order valence-electron chi connectivity index (χ0n) is 11.9. The lowest BCUT2D eigenvalue weighted by molar-refractivity contribution is -0.384. The van der Waals surface area contributed by atoms with Gasteiger partial charge in [-0.25, -0.2) is 9.97 Å². The van der Waals surface area contributed by atoms with Crippen LogP contribution in [0, 0.1) is 16.0 Å². The summed E-state index contributed by atoms with van der Waals surface area (Å²) < 4.78 is 0. The van der Waals surface area contributed by atoms with Gasteiger partial charge in [-0.3, -0.25) is 10.1 Å². The quantitative estimate of drug-likeness (QED) is 0.469. The molecule has 2 rings (SSSR count). The molecular weight excluding hydrogens is 290 g/mol. The second-order valence-electron chi connectivity index (χ2n) is 5.25. The van der Waals surface area contributed by atoms with Gasteiger partial charge in [0.1, 0.15) is 5.15 Å². The molecule has 2 aromatic rings. The van der Waals surface area contributed by atoms with Gasteiger partial charge in [-0.2, -0.15) is 0 Å². The summed E-state index contributed by atoms with van der Waals surface area (Å²) in [6, 6.07) is 7.99. The van der Waals surface area contributed by atoms with Crippen molar-refractivity contribution in [2.75, 3.05) is 0 Å². The summed E-state index contributed by atoms with van der Waals surface area (Å²) in [6.45, 7) is 4.29. The predicted octanol–water partition coefficient (Wildman–Crippen LogP) is 4.29. The Kier molecular flexibility index (Phi) is 4.85. The second-order valence-corrected chi connectivity index (χ2v) is 5.63. The van der Waals surface area contributed by atoms with Gasteiger partial charge in [0.2, 0.25) is 0 Å². The van der Waals surface area contributed by atoms with E-state index in [-0.39, 0.29) is 5.69 Å². The molecule has 1 aromatic carbocycles. The van der Waals surface area contributed by atoms with E-state index in [1.165, 1.54) is 12.1 Å². The number of nitro groups is 1. The van der Waals surface area contributed by atoms with Crippen LogP contribution in [-0.4, -0.2) is 14.9 Å². The van der Waals surface area contributed by atoms with E-state index in [4.69, 9.17) is 11.6 Å². The molecule has 6 heteroatoms. The first-order chi connectivity index (χ1) is 9.95. The Balaban J connectivity index is 2.35. The number of nitro benzene ring substituents is 1. The zero-order valence-corrected chi connectivity index (χ0v) is 12.7. The first-order valence-corrected chi connectivity index (χ1v) is 7.12. The Morgan fingerprint density at radius 1 is 1.29 bits per heavy atom. The number of hydrogen-bond donors (Lipinski definition) is 0. The van der Waals surface area contributed by atoms with Crippen molar-refractivity contribution in [3.05, 3.63) is 51.3 Å². The molecular formula is C15H16ClN3O2. The van der Waals surface area contributed by atoms with E-state index in [1.807, 2.05) is 0 Å². The van der Waals surface area contributed by atoms with Crippen LogP contribution in [0.15, 0.2) is 30.3 Å². The summed E-state index contributed by atoms with van der Waals surface area (Å²) in [7, 11) is 0. The van der Waals surface area contributed by atoms with E-state index in [0.29, 0.717) is 22.5 Å². The predicted molar refractivity (Wildman–Crippen MR) is 82.3 cm³/mol. The Morgan fingerprint density at radius 2 is 2.05 bits per heavy atom. The maximum atomic E-state index is 10.8. The number of aryl methyl sites for hydroxylation is 1. The van der Waals surface area contributed by atoms with Gasteiger partial charge >= 0.3 is 0 Å². The smallest absolute Gasteiger partial charge is 0.258 e. The molecule has 0 spiro atoms. The third kappa shape index (κ3) is 4.23. The third-order valence-corrected chi connectivity index (χ3v) is 3.23. The van der Waals surface area contributed by atoms with Crippen molar-refractivity contribution in [3.63, 3.8) is 0 Å². The standard InChI is InChI=1S/C15H16ClN3O2/c1-10(2)6-7-12-9-14(16)18-15(17-12)11-4-3-5-13(8-11)19(20)21/h3-5,8-10H,6-7H2,1-2H3. The SMILES string of the molecule is CC(C)CCc1cc(Cl)nc(-c2cccc([N+](=O)[O-])c2)n1. The van der Waals surface area contributed by atoms with Crippen LogP contribution in [0.1, 0.15) is 26.0 Å². The van der Waals surface area contributed by atoms with Gasteiger partial charge in [0.15, 0.2) is 5.82 Å². The minimum atomic E-state index is -0.437. The molecule has 0 bridgehead atoms. The molecule has 0 amide bonds. The second kappa shape index (κ2) is 6.63. The molecule has 0 aliphatic heterocycles. The molecule has 1 heterocycles. The number of non-ortho nitro benzene ring substituents is 1. The summed E-state index contributed by atoms with van der Waals surface area (Å²) in [5, 5.41) is 11.2. The van der Waals surface area contributed by atoms with Crippen LogP contribution < -0.4 is 0 Å². The summed E-state index contributed by atoms with van der Waals surface area (Å²) in [5.74, 6) is 0.991. The van der Waals surface area contributed by atoms with Crippen molar-refractivity contribution in [3.8, 4) is 11.4 Å². The fourth-order valence-electron chi connectivity index (χ4n) is 1.92. The molecule has 0 fully saturated rings. The van der Waals surface area contributed by atoms with Crippen molar-refractivity contribution in [1.82, 2.24) is 9.97 Å². The topological polar surface area (TPSA) is 68.9 Å².